The van der Waals surface area contributed by atoms with Crippen molar-refractivity contribution in [3.05, 3.63) is 71.9 Å². The van der Waals surface area contributed by atoms with Gasteiger partial charge in [-0.2, -0.15) is 0 Å². The maximum absolute atomic E-state index is 5.65. The van der Waals surface area contributed by atoms with E-state index in [1.165, 1.54) is 15.8 Å². The van der Waals surface area contributed by atoms with E-state index < -0.39 is 0 Å². The number of aromatic nitrogens is 1. The number of rotatable bonds is 7. The van der Waals surface area contributed by atoms with Gasteiger partial charge >= 0.3 is 0 Å². The number of anilines is 1. The molecule has 0 aliphatic heterocycles. The Morgan fingerprint density at radius 1 is 1.28 bits per heavy atom. The molecular weight excluding hydrogens is 376 g/mol. The first-order valence-electron chi connectivity index (χ1n) is 10.4. The van der Waals surface area contributed by atoms with Crippen LogP contribution in [-0.4, -0.2) is 24.7 Å². The largest absolute Gasteiger partial charge is 0.377 e. The van der Waals surface area contributed by atoms with Gasteiger partial charge in [0.05, 0.1) is 16.3 Å². The van der Waals surface area contributed by atoms with Crippen LogP contribution in [0.5, 0.6) is 0 Å². The van der Waals surface area contributed by atoms with Crippen molar-refractivity contribution >= 4 is 26.7 Å². The number of ether oxygens (including phenoxy) is 1. The third kappa shape index (κ3) is 4.54. The Morgan fingerprint density at radius 2 is 2.14 bits per heavy atom. The number of nitrogens with one attached hydrogen (secondary N) is 1. The van der Waals surface area contributed by atoms with Crippen molar-refractivity contribution < 1.29 is 4.74 Å². The lowest BCUT2D eigenvalue weighted by molar-refractivity contribution is 0.140. The second kappa shape index (κ2) is 8.68. The summed E-state index contributed by atoms with van der Waals surface area (Å²) in [6.07, 6.45) is 17.0. The van der Waals surface area contributed by atoms with E-state index in [2.05, 4.69) is 73.8 Å². The molecule has 0 amide bonds. The molecule has 2 atom stereocenters. The molecule has 4 rings (SSSR count). The number of hydrogen-bond acceptors (Lipinski definition) is 4. The van der Waals surface area contributed by atoms with E-state index >= 15 is 0 Å². The van der Waals surface area contributed by atoms with E-state index in [9.17, 15) is 0 Å². The minimum Gasteiger partial charge on any atom is -0.377 e. The van der Waals surface area contributed by atoms with E-state index in [4.69, 9.17) is 9.72 Å². The first kappa shape index (κ1) is 20.1. The van der Waals surface area contributed by atoms with Crippen LogP contribution in [0.25, 0.3) is 10.2 Å². The highest BCUT2D eigenvalue weighted by Crippen LogP contribution is 2.43. The average Bonchev–Trinajstić information content (AvgIpc) is 3.16. The van der Waals surface area contributed by atoms with E-state index in [1.54, 1.807) is 18.4 Å². The van der Waals surface area contributed by atoms with Crippen LogP contribution in [0.2, 0.25) is 0 Å². The van der Waals surface area contributed by atoms with Gasteiger partial charge in [-0.25, -0.2) is 4.98 Å². The number of allylic oxidation sites excluding steroid dienone is 6. The van der Waals surface area contributed by atoms with Crippen LogP contribution in [0.15, 0.2) is 71.9 Å². The number of hydrogen-bond donors (Lipinski definition) is 1. The molecule has 2 aliphatic rings. The number of nitrogens with zero attached hydrogens (tertiary/aromatic N) is 1. The van der Waals surface area contributed by atoms with Gasteiger partial charge in [0.25, 0.3) is 0 Å². The Kier molecular flexibility index (Phi) is 6.02. The van der Waals surface area contributed by atoms with Gasteiger partial charge in [0, 0.05) is 19.6 Å². The van der Waals surface area contributed by atoms with Crippen molar-refractivity contribution in [2.24, 2.45) is 11.3 Å². The molecule has 3 nitrogen and oxygen atoms in total. The minimum absolute atomic E-state index is 0.0284. The fraction of sp³-hybridized carbons (Fsp3) is 0.400. The zero-order valence-electron chi connectivity index (χ0n) is 17.5. The Labute approximate surface area is 177 Å². The van der Waals surface area contributed by atoms with Crippen LogP contribution < -0.4 is 5.32 Å². The lowest BCUT2D eigenvalue weighted by atomic mass is 9.68. The van der Waals surface area contributed by atoms with E-state index in [1.807, 2.05) is 6.07 Å². The zero-order chi connectivity index (χ0) is 20.3. The number of methoxy groups -OCH3 is 1. The van der Waals surface area contributed by atoms with Crippen LogP contribution in [0.1, 0.15) is 33.1 Å². The molecule has 29 heavy (non-hydrogen) atoms. The molecule has 1 aromatic carbocycles. The summed E-state index contributed by atoms with van der Waals surface area (Å²) >= 11 is 1.73. The second-order valence-corrected chi connectivity index (χ2v) is 9.58. The first-order valence-corrected chi connectivity index (χ1v) is 11.2. The third-order valence-corrected chi connectivity index (χ3v) is 6.87. The molecule has 0 radical (unpaired) electrons. The maximum Gasteiger partial charge on any atom is 0.183 e. The summed E-state index contributed by atoms with van der Waals surface area (Å²) in [6, 6.07) is 8.32. The minimum atomic E-state index is 0.0284. The third-order valence-electron chi connectivity index (χ3n) is 5.88. The van der Waals surface area contributed by atoms with Crippen molar-refractivity contribution in [3.8, 4) is 0 Å². The average molecular weight is 407 g/mol. The van der Waals surface area contributed by atoms with Crippen molar-refractivity contribution in [2.45, 2.75) is 39.2 Å². The van der Waals surface area contributed by atoms with Gasteiger partial charge in [-0.05, 0) is 42.4 Å². The van der Waals surface area contributed by atoms with Gasteiger partial charge in [0.1, 0.15) is 0 Å². The van der Waals surface area contributed by atoms with Crippen LogP contribution in [0.3, 0.4) is 0 Å². The quantitative estimate of drug-likeness (QED) is 0.568. The molecule has 0 bridgehead atoms. The molecule has 0 saturated carbocycles. The molecule has 4 heteroatoms. The molecule has 2 aliphatic carbocycles. The number of fused-ring (bicyclic) bond motifs is 1. The molecule has 2 aromatic rings. The summed E-state index contributed by atoms with van der Waals surface area (Å²) in [5.41, 5.74) is 3.98. The Hall–Kier alpha value is -2.17. The van der Waals surface area contributed by atoms with Gasteiger partial charge < -0.3 is 10.1 Å². The Bertz CT molecular complexity index is 947. The van der Waals surface area contributed by atoms with Gasteiger partial charge in [0.2, 0.25) is 0 Å². The molecule has 0 spiro atoms. The summed E-state index contributed by atoms with van der Waals surface area (Å²) < 4.78 is 6.88. The van der Waals surface area contributed by atoms with Gasteiger partial charge in [-0.15, -0.1) is 0 Å². The van der Waals surface area contributed by atoms with Gasteiger partial charge in [-0.3, -0.25) is 0 Å². The molecule has 152 valence electrons. The van der Waals surface area contributed by atoms with Crippen LogP contribution in [0.4, 0.5) is 5.13 Å². The van der Waals surface area contributed by atoms with Crippen LogP contribution in [-0.2, 0) is 4.74 Å². The smallest absolute Gasteiger partial charge is 0.183 e. The van der Waals surface area contributed by atoms with Crippen molar-refractivity contribution in [3.63, 3.8) is 0 Å². The summed E-state index contributed by atoms with van der Waals surface area (Å²) in [7, 11) is 1.80. The first-order chi connectivity index (χ1) is 14.1. The lowest BCUT2D eigenvalue weighted by Gasteiger charge is -2.39. The lowest BCUT2D eigenvalue weighted by Crippen LogP contribution is -2.35. The Morgan fingerprint density at radius 3 is 2.90 bits per heavy atom. The molecular formula is C25H30N2OS. The molecule has 0 saturated heterocycles. The predicted molar refractivity (Wildman–Crippen MR) is 124 cm³/mol. The summed E-state index contributed by atoms with van der Waals surface area (Å²) in [5, 5.41) is 4.64. The van der Waals surface area contributed by atoms with Crippen molar-refractivity contribution in [1.29, 1.82) is 0 Å². The van der Waals surface area contributed by atoms with E-state index in [0.29, 0.717) is 5.92 Å². The number of benzene rings is 1. The summed E-state index contributed by atoms with van der Waals surface area (Å²) in [6.45, 7) is 5.59. The topological polar surface area (TPSA) is 34.1 Å². The fourth-order valence-corrected chi connectivity index (χ4v) is 5.28. The van der Waals surface area contributed by atoms with Crippen LogP contribution >= 0.6 is 11.3 Å². The molecule has 1 N–H and O–H groups in total. The molecule has 2 unspecified atom stereocenters. The van der Waals surface area contributed by atoms with Gasteiger partial charge in [-0.1, -0.05) is 79.3 Å². The van der Waals surface area contributed by atoms with Gasteiger partial charge in [0.15, 0.2) is 5.13 Å². The van der Waals surface area contributed by atoms with E-state index in [0.717, 1.165) is 36.5 Å². The molecule has 1 aromatic heterocycles. The highest BCUT2D eigenvalue weighted by atomic mass is 32.1. The fourth-order valence-electron chi connectivity index (χ4n) is 4.42. The number of para-hydroxylation sites is 1. The zero-order valence-corrected chi connectivity index (χ0v) is 18.3. The van der Waals surface area contributed by atoms with Crippen molar-refractivity contribution in [2.75, 3.05) is 19.0 Å². The normalized spacial score (nSPS) is 20.4. The van der Waals surface area contributed by atoms with E-state index in [-0.39, 0.29) is 11.5 Å². The Balaban J connectivity index is 1.59. The monoisotopic (exact) mass is 406 g/mol. The molecule has 0 fully saturated rings. The highest BCUT2D eigenvalue weighted by Gasteiger charge is 2.35. The molecule has 1 heterocycles. The summed E-state index contributed by atoms with van der Waals surface area (Å²) in [4.78, 5) is 4.76. The highest BCUT2D eigenvalue weighted by molar-refractivity contribution is 7.22. The standard InChI is InChI=1S/C25H30N2OS/c1-25(2,17-26-24-27-21-14-7-8-15-22(21)29-24)23(18-10-5-4-6-11-18)19-12-9-13-20(16-19)28-3/h4-5,7-10,12,14-16,20,23H,6,11,13,17H2,1-3H3,(H,26,27). The second-order valence-electron chi connectivity index (χ2n) is 8.55. The maximum atomic E-state index is 5.65. The number of thiazole rings is 1. The summed E-state index contributed by atoms with van der Waals surface area (Å²) in [5.74, 6) is 0.350. The SMILES string of the molecule is COC1C=C(C(C2=CC=CCC2)C(C)(C)CNc2nc3ccccc3s2)C=CC1. The van der Waals surface area contributed by atoms with Crippen molar-refractivity contribution in [1.82, 2.24) is 4.98 Å². The predicted octanol–water partition coefficient (Wildman–Crippen LogP) is 6.53. The van der Waals surface area contributed by atoms with Crippen LogP contribution in [0, 0.1) is 11.3 Å².